The predicted octanol–water partition coefficient (Wildman–Crippen LogP) is 1.61. The smallest absolute Gasteiger partial charge is 0.212 e. The summed E-state index contributed by atoms with van der Waals surface area (Å²) < 4.78 is 26.7. The second-order valence-electron chi connectivity index (χ2n) is 5.40. The van der Waals surface area contributed by atoms with Gasteiger partial charge in [0.1, 0.15) is 0 Å². The zero-order valence-corrected chi connectivity index (χ0v) is 11.8. The molecule has 5 heteroatoms. The molecule has 0 saturated heterocycles. The molecule has 4 nitrogen and oxygen atoms in total. The lowest BCUT2D eigenvalue weighted by atomic mass is 9.93. The molecule has 1 rings (SSSR count). The van der Waals surface area contributed by atoms with Gasteiger partial charge < -0.3 is 5.73 Å². The lowest BCUT2D eigenvalue weighted by Crippen LogP contribution is -2.42. The van der Waals surface area contributed by atoms with Gasteiger partial charge in [0.25, 0.3) is 0 Å². The number of hydrogen-bond acceptors (Lipinski definition) is 3. The standard InChI is InChI=1S/C12H26N2O2S/c1-3-4-10(2)9-17(15,16)14-12-7-5-11(13)6-8-12/h10-12,14H,3-9,13H2,1-2H3. The summed E-state index contributed by atoms with van der Waals surface area (Å²) in [6.07, 6.45) is 5.62. The van der Waals surface area contributed by atoms with Gasteiger partial charge in [0, 0.05) is 12.1 Å². The second kappa shape index (κ2) is 6.71. The van der Waals surface area contributed by atoms with E-state index in [0.717, 1.165) is 38.5 Å². The Labute approximate surface area is 105 Å². The van der Waals surface area contributed by atoms with E-state index in [1.165, 1.54) is 0 Å². The summed E-state index contributed by atoms with van der Waals surface area (Å²) in [6.45, 7) is 4.08. The Morgan fingerprint density at radius 3 is 2.41 bits per heavy atom. The van der Waals surface area contributed by atoms with Crippen LogP contribution in [0.3, 0.4) is 0 Å². The van der Waals surface area contributed by atoms with Crippen molar-refractivity contribution in [3.8, 4) is 0 Å². The third-order valence-electron chi connectivity index (χ3n) is 3.40. The van der Waals surface area contributed by atoms with Crippen LogP contribution in [-0.2, 0) is 10.0 Å². The fourth-order valence-electron chi connectivity index (χ4n) is 2.49. The number of hydrogen-bond donors (Lipinski definition) is 2. The van der Waals surface area contributed by atoms with Crippen molar-refractivity contribution in [2.75, 3.05) is 5.75 Å². The predicted molar refractivity (Wildman–Crippen MR) is 71.2 cm³/mol. The van der Waals surface area contributed by atoms with Crippen LogP contribution < -0.4 is 10.5 Å². The third kappa shape index (κ3) is 5.84. The molecular formula is C12H26N2O2S. The highest BCUT2D eigenvalue weighted by Crippen LogP contribution is 2.18. The Kier molecular flexibility index (Phi) is 5.89. The molecule has 0 amide bonds. The maximum Gasteiger partial charge on any atom is 0.212 e. The van der Waals surface area contributed by atoms with E-state index in [4.69, 9.17) is 5.73 Å². The largest absolute Gasteiger partial charge is 0.328 e. The van der Waals surface area contributed by atoms with Crippen LogP contribution in [0.15, 0.2) is 0 Å². The van der Waals surface area contributed by atoms with Gasteiger partial charge in [0.2, 0.25) is 10.0 Å². The van der Waals surface area contributed by atoms with Gasteiger partial charge in [-0.3, -0.25) is 0 Å². The monoisotopic (exact) mass is 262 g/mol. The van der Waals surface area contributed by atoms with E-state index in [-0.39, 0.29) is 23.8 Å². The Balaban J connectivity index is 2.38. The molecule has 0 aromatic rings. The summed E-state index contributed by atoms with van der Waals surface area (Å²) in [7, 11) is -3.11. The first-order valence-electron chi connectivity index (χ1n) is 6.68. The minimum absolute atomic E-state index is 0.105. The molecule has 0 aromatic carbocycles. The van der Waals surface area contributed by atoms with Gasteiger partial charge >= 0.3 is 0 Å². The summed E-state index contributed by atoms with van der Waals surface area (Å²) in [6, 6.07) is 0.364. The lowest BCUT2D eigenvalue weighted by Gasteiger charge is -2.27. The molecule has 17 heavy (non-hydrogen) atoms. The molecule has 3 N–H and O–H groups in total. The molecule has 0 bridgehead atoms. The molecular weight excluding hydrogens is 236 g/mol. The summed E-state index contributed by atoms with van der Waals surface area (Å²) in [5.74, 6) is 0.493. The summed E-state index contributed by atoms with van der Waals surface area (Å²) in [4.78, 5) is 0. The molecule has 0 heterocycles. The van der Waals surface area contributed by atoms with Crippen molar-refractivity contribution in [2.24, 2.45) is 11.7 Å². The van der Waals surface area contributed by atoms with Gasteiger partial charge in [0.05, 0.1) is 5.75 Å². The van der Waals surface area contributed by atoms with Crippen LogP contribution in [-0.4, -0.2) is 26.3 Å². The van der Waals surface area contributed by atoms with Crippen molar-refractivity contribution in [3.63, 3.8) is 0 Å². The van der Waals surface area contributed by atoms with E-state index in [1.807, 2.05) is 6.92 Å². The van der Waals surface area contributed by atoms with E-state index in [9.17, 15) is 8.42 Å². The molecule has 1 fully saturated rings. The highest BCUT2D eigenvalue weighted by atomic mass is 32.2. The lowest BCUT2D eigenvalue weighted by molar-refractivity contribution is 0.372. The fourth-order valence-corrected chi connectivity index (χ4v) is 4.25. The number of nitrogens with one attached hydrogen (secondary N) is 1. The molecule has 0 aromatic heterocycles. The Morgan fingerprint density at radius 1 is 1.29 bits per heavy atom. The highest BCUT2D eigenvalue weighted by Gasteiger charge is 2.24. The number of rotatable bonds is 6. The molecule has 1 saturated carbocycles. The van der Waals surface area contributed by atoms with E-state index in [2.05, 4.69) is 11.6 Å². The Bertz CT molecular complexity index is 308. The molecule has 0 aliphatic heterocycles. The first-order valence-corrected chi connectivity index (χ1v) is 8.33. The highest BCUT2D eigenvalue weighted by molar-refractivity contribution is 7.89. The Morgan fingerprint density at radius 2 is 1.88 bits per heavy atom. The minimum Gasteiger partial charge on any atom is -0.328 e. The molecule has 102 valence electrons. The van der Waals surface area contributed by atoms with Gasteiger partial charge in [-0.15, -0.1) is 0 Å². The number of nitrogens with two attached hydrogens (primary N) is 1. The van der Waals surface area contributed by atoms with Gasteiger partial charge in [-0.1, -0.05) is 20.3 Å². The molecule has 1 aliphatic carbocycles. The van der Waals surface area contributed by atoms with Crippen molar-refractivity contribution in [3.05, 3.63) is 0 Å². The summed E-state index contributed by atoms with van der Waals surface area (Å²) in [5.41, 5.74) is 5.80. The van der Waals surface area contributed by atoms with Crippen molar-refractivity contribution < 1.29 is 8.42 Å². The fraction of sp³-hybridized carbons (Fsp3) is 1.00. The van der Waals surface area contributed by atoms with Crippen LogP contribution in [0.25, 0.3) is 0 Å². The molecule has 1 unspecified atom stereocenters. The van der Waals surface area contributed by atoms with Gasteiger partial charge in [0.15, 0.2) is 0 Å². The molecule has 0 radical (unpaired) electrons. The van der Waals surface area contributed by atoms with Crippen LogP contribution in [0.1, 0.15) is 52.4 Å². The summed E-state index contributed by atoms with van der Waals surface area (Å²) >= 11 is 0. The van der Waals surface area contributed by atoms with Crippen molar-refractivity contribution in [1.82, 2.24) is 4.72 Å². The normalized spacial score (nSPS) is 27.9. The quantitative estimate of drug-likeness (QED) is 0.764. The minimum atomic E-state index is -3.11. The zero-order chi connectivity index (χ0) is 12.9. The first-order chi connectivity index (χ1) is 7.93. The van der Waals surface area contributed by atoms with Gasteiger partial charge in [-0.25, -0.2) is 13.1 Å². The summed E-state index contributed by atoms with van der Waals surface area (Å²) in [5, 5.41) is 0. The molecule has 1 aliphatic rings. The van der Waals surface area contributed by atoms with Crippen LogP contribution >= 0.6 is 0 Å². The average Bonchev–Trinajstić information content (AvgIpc) is 2.20. The SMILES string of the molecule is CCCC(C)CS(=O)(=O)NC1CCC(N)CC1. The zero-order valence-electron chi connectivity index (χ0n) is 11.0. The second-order valence-corrected chi connectivity index (χ2v) is 7.20. The molecule has 1 atom stereocenters. The maximum absolute atomic E-state index is 11.9. The van der Waals surface area contributed by atoms with Crippen molar-refractivity contribution in [1.29, 1.82) is 0 Å². The van der Waals surface area contributed by atoms with Gasteiger partial charge in [-0.2, -0.15) is 0 Å². The maximum atomic E-state index is 11.9. The number of sulfonamides is 1. The molecule has 0 spiro atoms. The topological polar surface area (TPSA) is 72.2 Å². The van der Waals surface area contributed by atoms with E-state index in [0.29, 0.717) is 0 Å². The van der Waals surface area contributed by atoms with Crippen LogP contribution in [0.5, 0.6) is 0 Å². The van der Waals surface area contributed by atoms with Crippen LogP contribution in [0.4, 0.5) is 0 Å². The van der Waals surface area contributed by atoms with Crippen LogP contribution in [0, 0.1) is 5.92 Å². The van der Waals surface area contributed by atoms with E-state index in [1.54, 1.807) is 0 Å². The van der Waals surface area contributed by atoms with Crippen molar-refractivity contribution >= 4 is 10.0 Å². The van der Waals surface area contributed by atoms with Gasteiger partial charge in [-0.05, 0) is 38.0 Å². The van der Waals surface area contributed by atoms with E-state index < -0.39 is 10.0 Å². The Hall–Kier alpha value is -0.130. The third-order valence-corrected chi connectivity index (χ3v) is 5.10. The average molecular weight is 262 g/mol. The van der Waals surface area contributed by atoms with Crippen LogP contribution in [0.2, 0.25) is 0 Å². The van der Waals surface area contributed by atoms with E-state index >= 15 is 0 Å². The van der Waals surface area contributed by atoms with Crippen molar-refractivity contribution in [2.45, 2.75) is 64.5 Å². The first kappa shape index (κ1) is 14.9.